The third-order valence-corrected chi connectivity index (χ3v) is 7.22. The van der Waals surface area contributed by atoms with Crippen LogP contribution in [-0.4, -0.2) is 22.2 Å². The number of anilines is 4. The fraction of sp³-hybridized carbons (Fsp3) is 0.412. The molecule has 6 nitrogen and oxygen atoms in total. The molecule has 0 saturated carbocycles. The van der Waals surface area contributed by atoms with Crippen LogP contribution >= 0.6 is 0 Å². The van der Waals surface area contributed by atoms with E-state index in [0.717, 1.165) is 25.7 Å². The molecule has 4 N–H and O–H groups in total. The number of benzene rings is 3. The molecule has 0 heterocycles. The smallest absolute Gasteiger partial charge is 0.337 e. The SMILES string of the molecule is CCCCCCCc1ccc(Nc2cc(C(=O)O)c(Nc3ccc(CCCCCCC)cc3)cc2C(=O)O)cc1. The lowest BCUT2D eigenvalue weighted by Crippen LogP contribution is -2.09. The van der Waals surface area contributed by atoms with Crippen LogP contribution in [0.5, 0.6) is 0 Å². The first-order valence-electron chi connectivity index (χ1n) is 14.8. The third-order valence-electron chi connectivity index (χ3n) is 7.22. The Kier molecular flexibility index (Phi) is 12.6. The van der Waals surface area contributed by atoms with Crippen molar-refractivity contribution in [2.45, 2.75) is 90.9 Å². The van der Waals surface area contributed by atoms with Crippen molar-refractivity contribution < 1.29 is 19.8 Å². The summed E-state index contributed by atoms with van der Waals surface area (Å²) in [6.07, 6.45) is 14.3. The van der Waals surface area contributed by atoms with Gasteiger partial charge in [-0.05, 0) is 73.2 Å². The second kappa shape index (κ2) is 16.3. The highest BCUT2D eigenvalue weighted by Crippen LogP contribution is 2.31. The van der Waals surface area contributed by atoms with Crippen LogP contribution in [0.1, 0.15) is 110 Å². The van der Waals surface area contributed by atoms with Crippen LogP contribution in [0.15, 0.2) is 60.7 Å². The van der Waals surface area contributed by atoms with E-state index in [4.69, 9.17) is 0 Å². The standard InChI is InChI=1S/C34H44N2O4/c1-3-5-7-9-11-13-25-15-19-27(20-16-25)35-31-23-30(34(39)40)32(24-29(31)33(37)38)36-28-21-17-26(18-22-28)14-12-10-8-6-4-2/h15-24,35-36H,3-14H2,1-2H3,(H,37,38)(H,39,40). The summed E-state index contributed by atoms with van der Waals surface area (Å²) in [5.41, 5.74) is 4.34. The Balaban J connectivity index is 1.71. The quantitative estimate of drug-likeness (QED) is 0.119. The molecular formula is C34H44N2O4. The Morgan fingerprint density at radius 2 is 0.900 bits per heavy atom. The van der Waals surface area contributed by atoms with E-state index in [1.54, 1.807) is 0 Å². The zero-order valence-electron chi connectivity index (χ0n) is 24.0. The number of aromatic carboxylic acids is 2. The van der Waals surface area contributed by atoms with Gasteiger partial charge in [-0.1, -0.05) is 89.5 Å². The number of hydrogen-bond donors (Lipinski definition) is 4. The lowest BCUT2D eigenvalue weighted by atomic mass is 10.0. The number of carbonyl (C=O) groups is 2. The number of nitrogens with one attached hydrogen (secondary N) is 2. The van der Waals surface area contributed by atoms with Gasteiger partial charge in [0.1, 0.15) is 0 Å². The van der Waals surface area contributed by atoms with E-state index in [2.05, 4.69) is 24.5 Å². The van der Waals surface area contributed by atoms with Gasteiger partial charge < -0.3 is 20.8 Å². The van der Waals surface area contributed by atoms with Gasteiger partial charge in [0.15, 0.2) is 0 Å². The van der Waals surface area contributed by atoms with Gasteiger partial charge in [0, 0.05) is 11.4 Å². The lowest BCUT2D eigenvalue weighted by Gasteiger charge is -2.16. The van der Waals surface area contributed by atoms with Gasteiger partial charge >= 0.3 is 11.9 Å². The van der Waals surface area contributed by atoms with Gasteiger partial charge in [-0.3, -0.25) is 0 Å². The lowest BCUT2D eigenvalue weighted by molar-refractivity contribution is 0.0683. The van der Waals surface area contributed by atoms with Crippen LogP contribution in [-0.2, 0) is 12.8 Å². The average molecular weight is 545 g/mol. The molecule has 0 saturated heterocycles. The second-order valence-corrected chi connectivity index (χ2v) is 10.5. The van der Waals surface area contributed by atoms with E-state index >= 15 is 0 Å². The summed E-state index contributed by atoms with van der Waals surface area (Å²) >= 11 is 0. The molecule has 3 aromatic carbocycles. The molecule has 0 radical (unpaired) electrons. The summed E-state index contributed by atoms with van der Waals surface area (Å²) in [6.45, 7) is 4.42. The zero-order chi connectivity index (χ0) is 28.7. The van der Waals surface area contributed by atoms with Crippen molar-refractivity contribution in [3.05, 3.63) is 82.9 Å². The molecule has 0 fully saturated rings. The third kappa shape index (κ3) is 9.74. The van der Waals surface area contributed by atoms with E-state index in [1.807, 2.05) is 48.5 Å². The Bertz CT molecular complexity index is 1120. The van der Waals surface area contributed by atoms with Crippen LogP contribution in [0.25, 0.3) is 0 Å². The Morgan fingerprint density at radius 1 is 0.550 bits per heavy atom. The van der Waals surface area contributed by atoms with Crippen molar-refractivity contribution >= 4 is 34.7 Å². The minimum Gasteiger partial charge on any atom is -0.478 e. The molecule has 0 spiro atoms. The minimum atomic E-state index is -1.13. The molecule has 0 bridgehead atoms. The second-order valence-electron chi connectivity index (χ2n) is 10.5. The van der Waals surface area contributed by atoms with Gasteiger partial charge in [0.25, 0.3) is 0 Å². The molecule has 40 heavy (non-hydrogen) atoms. The maximum atomic E-state index is 12.1. The normalized spacial score (nSPS) is 10.8. The Hall–Kier alpha value is -3.80. The van der Waals surface area contributed by atoms with Gasteiger partial charge in [0.05, 0.1) is 22.5 Å². The topological polar surface area (TPSA) is 98.7 Å². The van der Waals surface area contributed by atoms with Crippen LogP contribution < -0.4 is 10.6 Å². The van der Waals surface area contributed by atoms with E-state index in [9.17, 15) is 19.8 Å². The van der Waals surface area contributed by atoms with E-state index < -0.39 is 11.9 Å². The monoisotopic (exact) mass is 544 g/mol. The maximum Gasteiger partial charge on any atom is 0.337 e. The van der Waals surface area contributed by atoms with Crippen molar-refractivity contribution in [3.63, 3.8) is 0 Å². The van der Waals surface area contributed by atoms with Crippen LogP contribution in [0.4, 0.5) is 22.7 Å². The molecule has 0 aliphatic carbocycles. The number of hydrogen-bond acceptors (Lipinski definition) is 4. The minimum absolute atomic E-state index is 0.00352. The van der Waals surface area contributed by atoms with Crippen LogP contribution in [0, 0.1) is 0 Å². The molecular weight excluding hydrogens is 500 g/mol. The zero-order valence-corrected chi connectivity index (χ0v) is 24.0. The molecule has 0 amide bonds. The number of unbranched alkanes of at least 4 members (excludes halogenated alkanes) is 8. The fourth-order valence-electron chi connectivity index (χ4n) is 4.85. The molecule has 6 heteroatoms. The summed E-state index contributed by atoms with van der Waals surface area (Å²) in [5.74, 6) is -2.27. The van der Waals surface area contributed by atoms with Crippen molar-refractivity contribution in [2.24, 2.45) is 0 Å². The number of rotatable bonds is 18. The number of carboxylic acids is 2. The Morgan fingerprint density at radius 3 is 1.23 bits per heavy atom. The van der Waals surface area contributed by atoms with E-state index in [-0.39, 0.29) is 22.5 Å². The fourth-order valence-corrected chi connectivity index (χ4v) is 4.85. The summed E-state index contributed by atoms with van der Waals surface area (Å²) in [5, 5.41) is 26.1. The Labute approximate surface area is 238 Å². The first-order chi connectivity index (χ1) is 19.4. The molecule has 0 unspecified atom stereocenters. The van der Waals surface area contributed by atoms with Crippen LogP contribution in [0.2, 0.25) is 0 Å². The molecule has 3 rings (SSSR count). The highest BCUT2D eigenvalue weighted by atomic mass is 16.4. The summed E-state index contributed by atoms with van der Waals surface area (Å²) in [4.78, 5) is 24.3. The van der Waals surface area contributed by atoms with Crippen molar-refractivity contribution in [1.82, 2.24) is 0 Å². The highest BCUT2D eigenvalue weighted by molar-refractivity contribution is 6.03. The largest absolute Gasteiger partial charge is 0.478 e. The first kappa shape index (κ1) is 30.7. The predicted octanol–water partition coefficient (Wildman–Crippen LogP) is 9.60. The van der Waals surface area contributed by atoms with Gasteiger partial charge in [-0.15, -0.1) is 0 Å². The molecule has 3 aromatic rings. The number of carboxylic acid groups (broad SMARTS) is 2. The number of aryl methyl sites for hydroxylation is 2. The molecule has 0 aliphatic rings. The first-order valence-corrected chi connectivity index (χ1v) is 14.8. The van der Waals surface area contributed by atoms with Crippen LogP contribution in [0.3, 0.4) is 0 Å². The molecule has 0 atom stereocenters. The van der Waals surface area contributed by atoms with E-state index in [1.165, 1.54) is 74.6 Å². The predicted molar refractivity (Wildman–Crippen MR) is 165 cm³/mol. The van der Waals surface area contributed by atoms with Crippen molar-refractivity contribution in [2.75, 3.05) is 10.6 Å². The van der Waals surface area contributed by atoms with Gasteiger partial charge in [0.2, 0.25) is 0 Å². The molecule has 0 aliphatic heterocycles. The molecule has 0 aromatic heterocycles. The maximum absolute atomic E-state index is 12.1. The summed E-state index contributed by atoms with van der Waals surface area (Å²) in [7, 11) is 0. The van der Waals surface area contributed by atoms with Crippen molar-refractivity contribution in [1.29, 1.82) is 0 Å². The summed E-state index contributed by atoms with van der Waals surface area (Å²) < 4.78 is 0. The summed E-state index contributed by atoms with van der Waals surface area (Å²) in [6, 6.07) is 18.5. The average Bonchev–Trinajstić information content (AvgIpc) is 2.95. The van der Waals surface area contributed by atoms with Gasteiger partial charge in [-0.2, -0.15) is 0 Å². The highest BCUT2D eigenvalue weighted by Gasteiger charge is 2.19. The molecule has 214 valence electrons. The van der Waals surface area contributed by atoms with Gasteiger partial charge in [-0.25, -0.2) is 9.59 Å². The van der Waals surface area contributed by atoms with Crippen molar-refractivity contribution in [3.8, 4) is 0 Å². The van der Waals surface area contributed by atoms with E-state index in [0.29, 0.717) is 11.4 Å².